The van der Waals surface area contributed by atoms with Crippen molar-refractivity contribution in [1.29, 1.82) is 0 Å². The topological polar surface area (TPSA) is 50.3 Å². The van der Waals surface area contributed by atoms with Gasteiger partial charge in [-0.25, -0.2) is 4.98 Å². The van der Waals surface area contributed by atoms with E-state index in [9.17, 15) is 22.8 Å². The molecule has 0 aliphatic carbocycles. The van der Waals surface area contributed by atoms with E-state index in [1.165, 1.54) is 23.5 Å². The number of halogens is 3. The van der Waals surface area contributed by atoms with Gasteiger partial charge in [0.05, 0.1) is 11.3 Å². The summed E-state index contributed by atoms with van der Waals surface area (Å²) in [5, 5.41) is 0.508. The molecule has 32 heavy (non-hydrogen) atoms. The fourth-order valence-corrected chi connectivity index (χ4v) is 4.89. The molecule has 0 bridgehead atoms. The number of carbonyl (C=O) groups excluding carboxylic acids is 2. The number of hydrogen-bond donors (Lipinski definition) is 0. The number of thiazole rings is 1. The van der Waals surface area contributed by atoms with E-state index in [1.54, 1.807) is 11.8 Å². The molecular weight excluding hydrogens is 437 g/mol. The van der Waals surface area contributed by atoms with E-state index in [-0.39, 0.29) is 17.6 Å². The SMILES string of the molecule is Cc1nc(-c2ccc(C(F)(F)F)cc2)sc1C(=O)N1CCC(C(=O)c2ccccc2)CC1. The van der Waals surface area contributed by atoms with E-state index in [0.29, 0.717) is 52.6 Å². The standard InChI is InChI=1S/C24H21F3N2O2S/c1-15-21(32-22(28-15)18-7-9-19(10-8-18)24(25,26)27)23(31)29-13-11-17(12-14-29)20(30)16-5-3-2-4-6-16/h2-10,17H,11-14H2,1H3. The van der Waals surface area contributed by atoms with Gasteiger partial charge in [-0.2, -0.15) is 13.2 Å². The van der Waals surface area contributed by atoms with Crippen molar-refractivity contribution in [3.05, 3.63) is 76.3 Å². The molecule has 166 valence electrons. The molecule has 1 aliphatic heterocycles. The van der Waals surface area contributed by atoms with Crippen molar-refractivity contribution in [2.75, 3.05) is 13.1 Å². The number of nitrogens with zero attached hydrogens (tertiary/aromatic N) is 2. The molecule has 1 fully saturated rings. The summed E-state index contributed by atoms with van der Waals surface area (Å²) in [5.41, 5.74) is 1.06. The van der Waals surface area contributed by atoms with E-state index < -0.39 is 11.7 Å². The van der Waals surface area contributed by atoms with Crippen molar-refractivity contribution >= 4 is 23.0 Å². The zero-order chi connectivity index (χ0) is 22.9. The third kappa shape index (κ3) is 4.60. The Kier molecular flexibility index (Phi) is 6.15. The first-order valence-electron chi connectivity index (χ1n) is 10.3. The molecule has 1 amide bonds. The third-order valence-corrected chi connectivity index (χ3v) is 6.86. The minimum Gasteiger partial charge on any atom is -0.338 e. The Bertz CT molecular complexity index is 1120. The number of piperidine rings is 1. The molecule has 1 aromatic heterocycles. The van der Waals surface area contributed by atoms with E-state index in [0.717, 1.165) is 12.1 Å². The highest BCUT2D eigenvalue weighted by molar-refractivity contribution is 7.17. The van der Waals surface area contributed by atoms with Gasteiger partial charge in [0, 0.05) is 30.1 Å². The Morgan fingerprint density at radius 2 is 1.62 bits per heavy atom. The predicted octanol–water partition coefficient (Wildman–Crippen LogP) is 5.87. The predicted molar refractivity (Wildman–Crippen MR) is 117 cm³/mol. The molecule has 4 rings (SSSR count). The number of aryl methyl sites for hydroxylation is 1. The summed E-state index contributed by atoms with van der Waals surface area (Å²) < 4.78 is 38.4. The minimum atomic E-state index is -4.40. The van der Waals surface area contributed by atoms with E-state index >= 15 is 0 Å². The summed E-state index contributed by atoms with van der Waals surface area (Å²) in [4.78, 5) is 32.3. The molecule has 1 aliphatic rings. The molecule has 0 saturated carbocycles. The highest BCUT2D eigenvalue weighted by atomic mass is 32.1. The van der Waals surface area contributed by atoms with Crippen LogP contribution in [0.5, 0.6) is 0 Å². The average molecular weight is 459 g/mol. The Morgan fingerprint density at radius 3 is 2.22 bits per heavy atom. The van der Waals surface area contributed by atoms with Crippen LogP contribution >= 0.6 is 11.3 Å². The molecular formula is C24H21F3N2O2S. The van der Waals surface area contributed by atoms with E-state index in [4.69, 9.17) is 0 Å². The maximum atomic E-state index is 13.1. The van der Waals surface area contributed by atoms with Crippen molar-refractivity contribution in [2.45, 2.75) is 25.9 Å². The van der Waals surface area contributed by atoms with Crippen LogP contribution in [0, 0.1) is 12.8 Å². The molecule has 4 nitrogen and oxygen atoms in total. The molecule has 0 N–H and O–H groups in total. The summed E-state index contributed by atoms with van der Waals surface area (Å²) in [6.45, 7) is 2.69. The van der Waals surface area contributed by atoms with Crippen LogP contribution in [-0.4, -0.2) is 34.7 Å². The van der Waals surface area contributed by atoms with Gasteiger partial charge in [0.15, 0.2) is 5.78 Å². The summed E-state index contributed by atoms with van der Waals surface area (Å²) in [6, 6.07) is 13.9. The van der Waals surface area contributed by atoms with Gasteiger partial charge in [0.25, 0.3) is 5.91 Å². The number of rotatable bonds is 4. The van der Waals surface area contributed by atoms with Gasteiger partial charge in [-0.05, 0) is 31.9 Å². The summed E-state index contributed by atoms with van der Waals surface area (Å²) in [5.74, 6) is -0.147. The molecule has 0 atom stereocenters. The zero-order valence-corrected chi connectivity index (χ0v) is 18.2. The van der Waals surface area contributed by atoms with Crippen LogP contribution < -0.4 is 0 Å². The van der Waals surface area contributed by atoms with E-state index in [2.05, 4.69) is 4.98 Å². The van der Waals surface area contributed by atoms with Gasteiger partial charge < -0.3 is 4.90 Å². The average Bonchev–Trinajstić information content (AvgIpc) is 3.20. The number of ketones is 1. The van der Waals surface area contributed by atoms with Crippen LogP contribution in [0.1, 0.15) is 44.1 Å². The normalized spacial score (nSPS) is 15.1. The number of alkyl halides is 3. The first-order valence-corrected chi connectivity index (χ1v) is 11.1. The number of hydrogen-bond acceptors (Lipinski definition) is 4. The largest absolute Gasteiger partial charge is 0.416 e. The zero-order valence-electron chi connectivity index (χ0n) is 17.4. The van der Waals surface area contributed by atoms with Crippen molar-refractivity contribution in [2.24, 2.45) is 5.92 Å². The maximum absolute atomic E-state index is 13.1. The highest BCUT2D eigenvalue weighted by Gasteiger charge is 2.31. The van der Waals surface area contributed by atoms with Gasteiger partial charge in [-0.3, -0.25) is 9.59 Å². The Labute approximate surface area is 187 Å². The first-order chi connectivity index (χ1) is 15.2. The molecule has 2 heterocycles. The number of amides is 1. The van der Waals surface area contributed by atoms with Gasteiger partial charge in [0.2, 0.25) is 0 Å². The Morgan fingerprint density at radius 1 is 1.00 bits per heavy atom. The Balaban J connectivity index is 1.43. The van der Waals surface area contributed by atoms with E-state index in [1.807, 2.05) is 30.3 Å². The quantitative estimate of drug-likeness (QED) is 0.459. The smallest absolute Gasteiger partial charge is 0.338 e. The van der Waals surface area contributed by atoms with Gasteiger partial charge in [-0.1, -0.05) is 42.5 Å². The van der Waals surface area contributed by atoms with Crippen molar-refractivity contribution < 1.29 is 22.8 Å². The van der Waals surface area contributed by atoms with Crippen LogP contribution in [0.25, 0.3) is 10.6 Å². The third-order valence-electron chi connectivity index (χ3n) is 5.66. The van der Waals surface area contributed by atoms with Crippen LogP contribution in [0.15, 0.2) is 54.6 Å². The molecule has 2 aromatic carbocycles. The second-order valence-corrected chi connectivity index (χ2v) is 8.80. The first kappa shape index (κ1) is 22.2. The van der Waals surface area contributed by atoms with Crippen molar-refractivity contribution in [3.63, 3.8) is 0 Å². The second kappa shape index (κ2) is 8.86. The molecule has 0 spiro atoms. The van der Waals surface area contributed by atoms with Crippen molar-refractivity contribution in [3.8, 4) is 10.6 Å². The minimum absolute atomic E-state index is 0.105. The lowest BCUT2D eigenvalue weighted by atomic mass is 9.89. The molecule has 0 radical (unpaired) electrons. The van der Waals surface area contributed by atoms with Gasteiger partial charge >= 0.3 is 6.18 Å². The molecule has 0 unspecified atom stereocenters. The number of carbonyl (C=O) groups is 2. The summed E-state index contributed by atoms with van der Waals surface area (Å²) in [6.07, 6.45) is -3.20. The van der Waals surface area contributed by atoms with Crippen LogP contribution in [-0.2, 0) is 6.18 Å². The van der Waals surface area contributed by atoms with Gasteiger partial charge in [0.1, 0.15) is 9.88 Å². The summed E-state index contributed by atoms with van der Waals surface area (Å²) in [7, 11) is 0. The lowest BCUT2D eigenvalue weighted by Crippen LogP contribution is -2.40. The van der Waals surface area contributed by atoms with Crippen LogP contribution in [0.4, 0.5) is 13.2 Å². The monoisotopic (exact) mass is 458 g/mol. The number of Topliss-reactive ketones (excluding diaryl/α,β-unsaturated/α-hetero) is 1. The van der Waals surface area contributed by atoms with Crippen LogP contribution in [0.3, 0.4) is 0 Å². The second-order valence-electron chi connectivity index (χ2n) is 7.81. The molecule has 8 heteroatoms. The molecule has 3 aromatic rings. The maximum Gasteiger partial charge on any atom is 0.416 e. The number of aromatic nitrogens is 1. The van der Waals surface area contributed by atoms with Crippen LogP contribution in [0.2, 0.25) is 0 Å². The van der Waals surface area contributed by atoms with Gasteiger partial charge in [-0.15, -0.1) is 11.3 Å². The highest BCUT2D eigenvalue weighted by Crippen LogP contribution is 2.34. The number of benzene rings is 2. The molecule has 1 saturated heterocycles. The van der Waals surface area contributed by atoms with Crippen molar-refractivity contribution in [1.82, 2.24) is 9.88 Å². The fraction of sp³-hybridized carbons (Fsp3) is 0.292. The lowest BCUT2D eigenvalue weighted by Gasteiger charge is -2.31. The number of likely N-dealkylation sites (tertiary alicyclic amines) is 1. The lowest BCUT2D eigenvalue weighted by molar-refractivity contribution is -0.137. The summed E-state index contributed by atoms with van der Waals surface area (Å²) >= 11 is 1.18. The fourth-order valence-electron chi connectivity index (χ4n) is 3.85. The Hall–Kier alpha value is -3.00.